The van der Waals surface area contributed by atoms with Gasteiger partial charge in [-0.3, -0.25) is 9.80 Å². The molecule has 0 atom stereocenters. The third-order valence-electron chi connectivity index (χ3n) is 7.43. The molecule has 0 radical (unpaired) electrons. The number of para-hydroxylation sites is 5. The number of carbonyl (C=O) groups is 2. The predicted octanol–water partition coefficient (Wildman–Crippen LogP) is 10.9. The summed E-state index contributed by atoms with van der Waals surface area (Å²) in [7, 11) is 0. The Morgan fingerprint density at radius 1 is 0.489 bits per heavy atom. The molecule has 2 N–H and O–H groups in total. The maximum Gasteiger partial charge on any atom is 0.330 e. The summed E-state index contributed by atoms with van der Waals surface area (Å²) in [5, 5.41) is 6.11. The molecule has 5 aromatic carbocycles. The van der Waals surface area contributed by atoms with Gasteiger partial charge in [0.1, 0.15) is 0 Å². The number of urea groups is 2. The van der Waals surface area contributed by atoms with Gasteiger partial charge in [-0.2, -0.15) is 0 Å². The molecule has 0 unspecified atom stereocenters. The van der Waals surface area contributed by atoms with Crippen molar-refractivity contribution in [3.63, 3.8) is 0 Å². The van der Waals surface area contributed by atoms with Crippen molar-refractivity contribution >= 4 is 40.5 Å². The van der Waals surface area contributed by atoms with Crippen LogP contribution in [0.2, 0.25) is 0 Å². The van der Waals surface area contributed by atoms with Gasteiger partial charge in [-0.25, -0.2) is 9.59 Å². The van der Waals surface area contributed by atoms with Gasteiger partial charge < -0.3 is 10.6 Å². The first kappa shape index (κ1) is 32.6. The Morgan fingerprint density at radius 2 is 0.822 bits per heavy atom. The van der Waals surface area contributed by atoms with Gasteiger partial charge in [-0.15, -0.1) is 0 Å². The molecule has 45 heavy (non-hydrogen) atoms. The molecule has 0 aliphatic rings. The monoisotopic (exact) mass is 602 g/mol. The molecule has 0 aromatic heterocycles. The molecule has 0 aliphatic carbocycles. The second-order valence-corrected chi connectivity index (χ2v) is 11.2. The van der Waals surface area contributed by atoms with Crippen molar-refractivity contribution in [1.82, 2.24) is 0 Å². The molecule has 6 heteroatoms. The summed E-state index contributed by atoms with van der Waals surface area (Å²) in [6, 6.07) is 40.8. The predicted molar refractivity (Wildman–Crippen MR) is 193 cm³/mol. The van der Waals surface area contributed by atoms with E-state index in [4.69, 9.17) is 0 Å². The van der Waals surface area contributed by atoms with Gasteiger partial charge in [-0.05, 0) is 100 Å². The van der Waals surface area contributed by atoms with Crippen LogP contribution in [0.15, 0.2) is 127 Å². The van der Waals surface area contributed by atoms with Crippen molar-refractivity contribution in [1.29, 1.82) is 0 Å². The van der Waals surface area contributed by atoms with E-state index < -0.39 is 0 Å². The minimum Gasteiger partial charge on any atom is -0.307 e. The number of anilines is 5. The SMILES string of the molecule is Cc1cccc(C)c1NC(=O)N(c1ccccc1)C(C)C.Cc1cccc(C)c1NC(=O)N(c1ccccc1)c1ccccc1.[HH].[HH]. The number of hydrogen-bond acceptors (Lipinski definition) is 2. The number of amides is 4. The van der Waals surface area contributed by atoms with Crippen LogP contribution in [0.3, 0.4) is 0 Å². The maximum atomic E-state index is 13.0. The molecule has 234 valence electrons. The van der Waals surface area contributed by atoms with Gasteiger partial charge in [0.05, 0.1) is 11.4 Å². The Balaban J connectivity index is 0.000000316. The molecule has 0 saturated heterocycles. The normalized spacial score (nSPS) is 10.4. The van der Waals surface area contributed by atoms with Crippen molar-refractivity contribution in [2.45, 2.75) is 47.6 Å². The molecule has 0 heterocycles. The average Bonchev–Trinajstić information content (AvgIpc) is 3.03. The highest BCUT2D eigenvalue weighted by Crippen LogP contribution is 2.28. The molecular formula is C39H46N4O2. The number of carbonyl (C=O) groups excluding carboxylic acids is 2. The summed E-state index contributed by atoms with van der Waals surface area (Å²) in [4.78, 5) is 29.2. The second kappa shape index (κ2) is 15.4. The molecule has 5 aromatic rings. The number of nitrogens with one attached hydrogen (secondary N) is 2. The van der Waals surface area contributed by atoms with Crippen LogP contribution in [0.1, 0.15) is 39.0 Å². The molecule has 0 aliphatic heterocycles. The van der Waals surface area contributed by atoms with E-state index in [-0.39, 0.29) is 21.0 Å². The fourth-order valence-corrected chi connectivity index (χ4v) is 5.13. The van der Waals surface area contributed by atoms with E-state index in [0.717, 1.165) is 50.7 Å². The Kier molecular flexibility index (Phi) is 11.1. The lowest BCUT2D eigenvalue weighted by atomic mass is 10.1. The Morgan fingerprint density at radius 3 is 1.18 bits per heavy atom. The molecule has 5 rings (SSSR count). The van der Waals surface area contributed by atoms with Crippen molar-refractivity contribution in [3.8, 4) is 0 Å². The van der Waals surface area contributed by atoms with Crippen LogP contribution < -0.4 is 20.4 Å². The van der Waals surface area contributed by atoms with Gasteiger partial charge in [0.2, 0.25) is 0 Å². The molecule has 0 spiro atoms. The zero-order chi connectivity index (χ0) is 32.3. The number of rotatable bonds is 6. The van der Waals surface area contributed by atoms with E-state index in [1.165, 1.54) is 0 Å². The Bertz CT molecular complexity index is 1640. The smallest absolute Gasteiger partial charge is 0.307 e. The third-order valence-corrected chi connectivity index (χ3v) is 7.43. The summed E-state index contributed by atoms with van der Waals surface area (Å²) >= 11 is 0. The van der Waals surface area contributed by atoms with Crippen LogP contribution >= 0.6 is 0 Å². The number of nitrogens with zero attached hydrogens (tertiary/aromatic N) is 2. The van der Waals surface area contributed by atoms with E-state index in [0.29, 0.717) is 0 Å². The van der Waals surface area contributed by atoms with E-state index >= 15 is 0 Å². The average molecular weight is 603 g/mol. The van der Waals surface area contributed by atoms with Crippen LogP contribution in [0, 0.1) is 27.7 Å². The van der Waals surface area contributed by atoms with E-state index in [1.807, 2.05) is 169 Å². The zero-order valence-corrected chi connectivity index (χ0v) is 26.9. The lowest BCUT2D eigenvalue weighted by Gasteiger charge is -2.27. The Labute approximate surface area is 270 Å². The standard InChI is InChI=1S/C21H20N2O.C18H22N2O.2H2/c1-16-10-9-11-17(2)20(16)22-21(24)23(18-12-5-3-6-13-18)19-14-7-4-8-15-19;1-13(2)20(16-11-6-5-7-12-16)18(21)19-17-14(3)9-8-10-15(17)4;;/h3-15H,1-2H3,(H,22,24);5-13H,1-4H3,(H,19,21);2*1H. The zero-order valence-electron chi connectivity index (χ0n) is 26.9. The van der Waals surface area contributed by atoms with Gasteiger partial charge in [-0.1, -0.05) is 91.0 Å². The molecule has 0 saturated carbocycles. The third kappa shape index (κ3) is 8.39. The van der Waals surface area contributed by atoms with Gasteiger partial charge in [0, 0.05) is 26.0 Å². The van der Waals surface area contributed by atoms with Gasteiger partial charge in [0.15, 0.2) is 0 Å². The second-order valence-electron chi connectivity index (χ2n) is 11.2. The van der Waals surface area contributed by atoms with Crippen LogP contribution in [0.25, 0.3) is 0 Å². The summed E-state index contributed by atoms with van der Waals surface area (Å²) in [5.74, 6) is 0. The van der Waals surface area contributed by atoms with E-state index in [9.17, 15) is 9.59 Å². The quantitative estimate of drug-likeness (QED) is 0.203. The van der Waals surface area contributed by atoms with Crippen molar-refractivity contribution in [2.75, 3.05) is 20.4 Å². The van der Waals surface area contributed by atoms with Gasteiger partial charge >= 0.3 is 12.1 Å². The molecule has 0 fully saturated rings. The van der Waals surface area contributed by atoms with E-state index in [1.54, 1.807) is 9.80 Å². The number of benzene rings is 5. The fraction of sp³-hybridized carbons (Fsp3) is 0.179. The van der Waals surface area contributed by atoms with E-state index in [2.05, 4.69) is 10.6 Å². The van der Waals surface area contributed by atoms with Gasteiger partial charge in [0.25, 0.3) is 0 Å². The van der Waals surface area contributed by atoms with Crippen LogP contribution in [0.4, 0.5) is 38.0 Å². The minimum absolute atomic E-state index is 0. The highest BCUT2D eigenvalue weighted by atomic mass is 16.2. The van der Waals surface area contributed by atoms with Crippen molar-refractivity contribution in [3.05, 3.63) is 150 Å². The van der Waals surface area contributed by atoms with Crippen LogP contribution in [-0.4, -0.2) is 18.1 Å². The Hall–Kier alpha value is -5.36. The highest BCUT2D eigenvalue weighted by Gasteiger charge is 2.21. The highest BCUT2D eigenvalue weighted by molar-refractivity contribution is 6.07. The first-order valence-electron chi connectivity index (χ1n) is 15.2. The van der Waals surface area contributed by atoms with Crippen molar-refractivity contribution in [2.24, 2.45) is 0 Å². The molecular weight excluding hydrogens is 556 g/mol. The fourth-order valence-electron chi connectivity index (χ4n) is 5.13. The summed E-state index contributed by atoms with van der Waals surface area (Å²) in [6.45, 7) is 12.0. The first-order valence-corrected chi connectivity index (χ1v) is 15.2. The molecule has 4 amide bonds. The topological polar surface area (TPSA) is 64.7 Å². The first-order chi connectivity index (χ1) is 21.7. The largest absolute Gasteiger partial charge is 0.330 e. The van der Waals surface area contributed by atoms with Crippen molar-refractivity contribution < 1.29 is 12.4 Å². The number of hydrogen-bond donors (Lipinski definition) is 2. The van der Waals surface area contributed by atoms with Crippen LogP contribution in [0.5, 0.6) is 0 Å². The maximum absolute atomic E-state index is 13.0. The molecule has 6 nitrogen and oxygen atoms in total. The summed E-state index contributed by atoms with van der Waals surface area (Å²) < 4.78 is 0. The molecule has 0 bridgehead atoms. The van der Waals surface area contributed by atoms with Crippen LogP contribution in [-0.2, 0) is 0 Å². The lowest BCUT2D eigenvalue weighted by Crippen LogP contribution is -2.40. The summed E-state index contributed by atoms with van der Waals surface area (Å²) in [6.07, 6.45) is 0. The number of aryl methyl sites for hydroxylation is 4. The minimum atomic E-state index is -0.176. The lowest BCUT2D eigenvalue weighted by molar-refractivity contribution is 0.255. The summed E-state index contributed by atoms with van der Waals surface area (Å²) in [5.41, 5.74) is 8.54.